The summed E-state index contributed by atoms with van der Waals surface area (Å²) in [5.41, 5.74) is 0.313. The van der Waals surface area contributed by atoms with Crippen LogP contribution in [-0.2, 0) is 4.74 Å². The van der Waals surface area contributed by atoms with E-state index < -0.39 is 0 Å². The summed E-state index contributed by atoms with van der Waals surface area (Å²) in [5, 5.41) is 0. The number of hydrogen-bond donors (Lipinski definition) is 0. The summed E-state index contributed by atoms with van der Waals surface area (Å²) in [4.78, 5) is 19.9. The van der Waals surface area contributed by atoms with Gasteiger partial charge in [-0.25, -0.2) is 9.97 Å². The molecule has 1 aliphatic heterocycles. The molecule has 0 spiro atoms. The zero-order valence-electron chi connectivity index (χ0n) is 9.89. The van der Waals surface area contributed by atoms with Crippen LogP contribution in [0.15, 0.2) is 12.4 Å². The van der Waals surface area contributed by atoms with Gasteiger partial charge in [0.05, 0.1) is 13.2 Å². The molecule has 0 saturated carbocycles. The number of nitrogens with zero attached hydrogens (tertiary/aromatic N) is 2. The monoisotopic (exact) mass is 236 g/mol. The second kappa shape index (κ2) is 5.72. The molecule has 5 heteroatoms. The lowest BCUT2D eigenvalue weighted by atomic mass is 10.1. The third-order valence-corrected chi connectivity index (χ3v) is 2.84. The summed E-state index contributed by atoms with van der Waals surface area (Å²) in [6.07, 6.45) is 6.55. The van der Waals surface area contributed by atoms with E-state index in [0.717, 1.165) is 25.9 Å². The van der Waals surface area contributed by atoms with E-state index in [9.17, 15) is 4.79 Å². The Kier molecular flexibility index (Phi) is 4.03. The van der Waals surface area contributed by atoms with E-state index in [-0.39, 0.29) is 11.9 Å². The Morgan fingerprint density at radius 2 is 2.35 bits per heavy atom. The zero-order valence-corrected chi connectivity index (χ0v) is 9.89. The number of carbonyl (C=O) groups is 1. The first-order chi connectivity index (χ1) is 8.31. The summed E-state index contributed by atoms with van der Waals surface area (Å²) in [5.74, 6) is 0.260. The molecule has 0 bridgehead atoms. The topological polar surface area (TPSA) is 61.3 Å². The number of carbonyl (C=O) groups excluding carboxylic acids is 1. The fourth-order valence-corrected chi connectivity index (χ4v) is 1.95. The number of hydrogen-bond acceptors (Lipinski definition) is 5. The predicted molar refractivity (Wildman–Crippen MR) is 61.1 cm³/mol. The largest absolute Gasteiger partial charge is 0.479 e. The Labute approximate surface area is 100 Å². The minimum absolute atomic E-state index is 0.0366. The highest BCUT2D eigenvalue weighted by Gasteiger charge is 2.20. The highest BCUT2D eigenvalue weighted by molar-refractivity contribution is 5.96. The van der Waals surface area contributed by atoms with Crippen LogP contribution < -0.4 is 4.74 Å². The average Bonchev–Trinajstić information content (AvgIpc) is 2.89. The van der Waals surface area contributed by atoms with E-state index in [0.29, 0.717) is 18.0 Å². The van der Waals surface area contributed by atoms with Crippen LogP contribution in [0.3, 0.4) is 0 Å². The molecule has 0 amide bonds. The predicted octanol–water partition coefficient (Wildman–Crippen LogP) is 1.63. The van der Waals surface area contributed by atoms with Gasteiger partial charge in [-0.1, -0.05) is 0 Å². The molecule has 17 heavy (non-hydrogen) atoms. The van der Waals surface area contributed by atoms with Gasteiger partial charge in [0.15, 0.2) is 11.5 Å². The van der Waals surface area contributed by atoms with Gasteiger partial charge in [-0.2, -0.15) is 0 Å². The Morgan fingerprint density at radius 1 is 1.53 bits per heavy atom. The fraction of sp³-hybridized carbons (Fsp3) is 0.583. The Bertz CT molecular complexity index is 389. The standard InChI is InChI=1S/C12H16N2O3/c1-16-12-11(13-6-7-14-12)10(15)5-4-9-3-2-8-17-9/h6-7,9H,2-5,8H2,1H3. The maximum absolute atomic E-state index is 11.9. The molecule has 0 aliphatic carbocycles. The lowest BCUT2D eigenvalue weighted by Gasteiger charge is -2.08. The molecule has 1 saturated heterocycles. The Hall–Kier alpha value is -1.49. The number of Topliss-reactive ketones (excluding diaryl/α,β-unsaturated/α-hetero) is 1. The van der Waals surface area contributed by atoms with Gasteiger partial charge in [-0.05, 0) is 19.3 Å². The quantitative estimate of drug-likeness (QED) is 0.727. The zero-order chi connectivity index (χ0) is 12.1. The van der Waals surface area contributed by atoms with Crippen molar-refractivity contribution in [2.45, 2.75) is 31.8 Å². The fourth-order valence-electron chi connectivity index (χ4n) is 1.95. The van der Waals surface area contributed by atoms with Crippen molar-refractivity contribution in [2.75, 3.05) is 13.7 Å². The molecule has 1 unspecified atom stereocenters. The molecule has 1 atom stereocenters. The molecule has 1 aromatic rings. The second-order valence-electron chi connectivity index (χ2n) is 4.01. The number of aromatic nitrogens is 2. The third kappa shape index (κ3) is 3.00. The summed E-state index contributed by atoms with van der Waals surface area (Å²) < 4.78 is 10.5. The molecule has 0 radical (unpaired) electrons. The van der Waals surface area contributed by atoms with Crippen LogP contribution in [0, 0.1) is 0 Å². The first-order valence-electron chi connectivity index (χ1n) is 5.81. The molecule has 0 N–H and O–H groups in total. The second-order valence-corrected chi connectivity index (χ2v) is 4.01. The normalized spacial score (nSPS) is 19.2. The van der Waals surface area contributed by atoms with Gasteiger partial charge in [0.1, 0.15) is 0 Å². The van der Waals surface area contributed by atoms with E-state index in [2.05, 4.69) is 9.97 Å². The van der Waals surface area contributed by atoms with E-state index in [1.165, 1.54) is 19.5 Å². The van der Waals surface area contributed by atoms with Crippen molar-refractivity contribution < 1.29 is 14.3 Å². The summed E-state index contributed by atoms with van der Waals surface area (Å²) in [6.45, 7) is 0.813. The summed E-state index contributed by atoms with van der Waals surface area (Å²) in [6, 6.07) is 0. The number of rotatable bonds is 5. The van der Waals surface area contributed by atoms with E-state index >= 15 is 0 Å². The van der Waals surface area contributed by atoms with Crippen molar-refractivity contribution >= 4 is 5.78 Å². The van der Waals surface area contributed by atoms with Gasteiger partial charge in [0, 0.05) is 25.4 Å². The SMILES string of the molecule is COc1nccnc1C(=O)CCC1CCCO1. The highest BCUT2D eigenvalue weighted by Crippen LogP contribution is 2.19. The van der Waals surface area contributed by atoms with Gasteiger partial charge >= 0.3 is 0 Å². The molecule has 2 rings (SSSR count). The summed E-state index contributed by atoms with van der Waals surface area (Å²) in [7, 11) is 1.49. The third-order valence-electron chi connectivity index (χ3n) is 2.84. The first-order valence-corrected chi connectivity index (χ1v) is 5.81. The smallest absolute Gasteiger partial charge is 0.243 e. The van der Waals surface area contributed by atoms with Crippen LogP contribution in [0.25, 0.3) is 0 Å². The van der Waals surface area contributed by atoms with E-state index in [4.69, 9.17) is 9.47 Å². The number of methoxy groups -OCH3 is 1. The van der Waals surface area contributed by atoms with Gasteiger partial charge in [-0.15, -0.1) is 0 Å². The maximum Gasteiger partial charge on any atom is 0.243 e. The Morgan fingerprint density at radius 3 is 3.06 bits per heavy atom. The minimum atomic E-state index is -0.0366. The van der Waals surface area contributed by atoms with Crippen molar-refractivity contribution in [3.05, 3.63) is 18.1 Å². The molecule has 1 fully saturated rings. The average molecular weight is 236 g/mol. The molecule has 1 aromatic heterocycles. The minimum Gasteiger partial charge on any atom is -0.479 e. The lowest BCUT2D eigenvalue weighted by molar-refractivity contribution is 0.0853. The summed E-state index contributed by atoms with van der Waals surface area (Å²) >= 11 is 0. The number of ketones is 1. The van der Waals surface area contributed by atoms with Crippen LogP contribution in [0.2, 0.25) is 0 Å². The van der Waals surface area contributed by atoms with Crippen LogP contribution in [0.4, 0.5) is 0 Å². The molecular weight excluding hydrogens is 220 g/mol. The van der Waals surface area contributed by atoms with E-state index in [1.54, 1.807) is 0 Å². The molecule has 2 heterocycles. The van der Waals surface area contributed by atoms with Gasteiger partial charge in [0.25, 0.3) is 0 Å². The first kappa shape index (κ1) is 12.0. The van der Waals surface area contributed by atoms with Crippen molar-refractivity contribution in [3.8, 4) is 5.88 Å². The molecule has 0 aromatic carbocycles. The van der Waals surface area contributed by atoms with Crippen molar-refractivity contribution in [1.82, 2.24) is 9.97 Å². The van der Waals surface area contributed by atoms with Crippen molar-refractivity contribution in [3.63, 3.8) is 0 Å². The van der Waals surface area contributed by atoms with Gasteiger partial charge in [0.2, 0.25) is 5.88 Å². The van der Waals surface area contributed by atoms with Crippen LogP contribution in [-0.4, -0.2) is 35.6 Å². The number of ether oxygens (including phenoxy) is 2. The molecule has 5 nitrogen and oxygen atoms in total. The van der Waals surface area contributed by atoms with Crippen LogP contribution in [0.5, 0.6) is 5.88 Å². The molecular formula is C12H16N2O3. The van der Waals surface area contributed by atoms with Crippen molar-refractivity contribution in [1.29, 1.82) is 0 Å². The van der Waals surface area contributed by atoms with Crippen LogP contribution in [0.1, 0.15) is 36.2 Å². The molecule has 92 valence electrons. The lowest BCUT2D eigenvalue weighted by Crippen LogP contribution is -2.11. The van der Waals surface area contributed by atoms with Gasteiger partial charge < -0.3 is 9.47 Å². The van der Waals surface area contributed by atoms with Gasteiger partial charge in [-0.3, -0.25) is 4.79 Å². The highest BCUT2D eigenvalue weighted by atomic mass is 16.5. The Balaban J connectivity index is 1.94. The molecule has 1 aliphatic rings. The maximum atomic E-state index is 11.9. The van der Waals surface area contributed by atoms with E-state index in [1.807, 2.05) is 0 Å². The van der Waals surface area contributed by atoms with Crippen LogP contribution >= 0.6 is 0 Å². The van der Waals surface area contributed by atoms with Crippen molar-refractivity contribution in [2.24, 2.45) is 0 Å².